The van der Waals surface area contributed by atoms with Gasteiger partial charge >= 0.3 is 0 Å². The van der Waals surface area contributed by atoms with Crippen molar-refractivity contribution in [3.05, 3.63) is 24.3 Å². The van der Waals surface area contributed by atoms with Crippen LogP contribution in [0.1, 0.15) is 39.0 Å². The minimum absolute atomic E-state index is 0. The van der Waals surface area contributed by atoms with E-state index in [-0.39, 0.29) is 29.9 Å². The Morgan fingerprint density at radius 1 is 1.13 bits per heavy atom. The van der Waals surface area contributed by atoms with Crippen LogP contribution < -0.4 is 20.3 Å². The van der Waals surface area contributed by atoms with Crippen molar-refractivity contribution in [1.82, 2.24) is 15.5 Å². The topological polar surface area (TPSA) is 69.2 Å². The molecule has 1 heterocycles. The molecule has 2 aliphatic rings. The van der Waals surface area contributed by atoms with Crippen molar-refractivity contribution in [3.8, 4) is 5.75 Å². The van der Waals surface area contributed by atoms with Crippen LogP contribution in [0.15, 0.2) is 29.3 Å². The van der Waals surface area contributed by atoms with E-state index in [0.717, 1.165) is 57.3 Å². The SMILES string of the molecule is CCNC(=NCCC(=O)NC1CCCC1)N1CCN(c2ccc(OC)cc2)CC1.I. The molecule has 7 nitrogen and oxygen atoms in total. The molecule has 0 aromatic heterocycles. The zero-order chi connectivity index (χ0) is 20.5. The highest BCUT2D eigenvalue weighted by atomic mass is 127. The molecule has 1 aromatic carbocycles. The van der Waals surface area contributed by atoms with E-state index in [4.69, 9.17) is 9.73 Å². The quantitative estimate of drug-likeness (QED) is 0.323. The van der Waals surface area contributed by atoms with E-state index in [1.807, 2.05) is 12.1 Å². The summed E-state index contributed by atoms with van der Waals surface area (Å²) in [5.41, 5.74) is 1.22. The number of anilines is 1. The molecule has 0 bridgehead atoms. The second-order valence-corrected chi connectivity index (χ2v) is 7.71. The van der Waals surface area contributed by atoms with Crippen LogP contribution in [0.4, 0.5) is 5.69 Å². The fourth-order valence-electron chi connectivity index (χ4n) is 4.03. The van der Waals surface area contributed by atoms with Crippen LogP contribution in [0, 0.1) is 0 Å². The normalized spacial score (nSPS) is 17.5. The number of carbonyl (C=O) groups excluding carboxylic acids is 1. The van der Waals surface area contributed by atoms with Gasteiger partial charge in [-0.3, -0.25) is 9.79 Å². The average molecular weight is 529 g/mol. The highest BCUT2D eigenvalue weighted by Gasteiger charge is 2.20. The molecule has 0 radical (unpaired) electrons. The molecular weight excluding hydrogens is 493 g/mol. The van der Waals surface area contributed by atoms with Crippen LogP contribution >= 0.6 is 24.0 Å². The Balaban J connectivity index is 0.00000320. The van der Waals surface area contributed by atoms with Crippen LogP contribution in [0.25, 0.3) is 0 Å². The number of carbonyl (C=O) groups is 1. The Bertz CT molecular complexity index is 669. The number of nitrogens with zero attached hydrogens (tertiary/aromatic N) is 3. The van der Waals surface area contributed by atoms with Crippen molar-refractivity contribution < 1.29 is 9.53 Å². The maximum Gasteiger partial charge on any atom is 0.222 e. The molecule has 3 rings (SSSR count). The molecule has 1 amide bonds. The third-order valence-electron chi connectivity index (χ3n) is 5.67. The van der Waals surface area contributed by atoms with Crippen molar-refractivity contribution in [3.63, 3.8) is 0 Å². The number of nitrogens with one attached hydrogen (secondary N) is 2. The van der Waals surface area contributed by atoms with E-state index in [1.54, 1.807) is 7.11 Å². The van der Waals surface area contributed by atoms with Gasteiger partial charge in [-0.15, -0.1) is 24.0 Å². The van der Waals surface area contributed by atoms with E-state index >= 15 is 0 Å². The molecule has 1 aliphatic carbocycles. The first-order valence-electron chi connectivity index (χ1n) is 10.9. The van der Waals surface area contributed by atoms with Gasteiger partial charge in [0.2, 0.25) is 5.91 Å². The number of rotatable bonds is 7. The van der Waals surface area contributed by atoms with Crippen LogP contribution in [0.3, 0.4) is 0 Å². The monoisotopic (exact) mass is 529 g/mol. The Morgan fingerprint density at radius 2 is 1.80 bits per heavy atom. The summed E-state index contributed by atoms with van der Waals surface area (Å²) in [6.07, 6.45) is 5.16. The van der Waals surface area contributed by atoms with Gasteiger partial charge in [0.05, 0.1) is 13.7 Å². The van der Waals surface area contributed by atoms with Crippen molar-refractivity contribution in [2.24, 2.45) is 4.99 Å². The number of benzene rings is 1. The summed E-state index contributed by atoms with van der Waals surface area (Å²) in [7, 11) is 1.69. The second-order valence-electron chi connectivity index (χ2n) is 7.71. The average Bonchev–Trinajstić information content (AvgIpc) is 3.26. The third-order valence-corrected chi connectivity index (χ3v) is 5.67. The third kappa shape index (κ3) is 7.21. The first-order valence-corrected chi connectivity index (χ1v) is 10.9. The highest BCUT2D eigenvalue weighted by molar-refractivity contribution is 14.0. The number of piperazine rings is 1. The van der Waals surface area contributed by atoms with Crippen molar-refractivity contribution in [2.75, 3.05) is 51.3 Å². The van der Waals surface area contributed by atoms with Crippen LogP contribution in [-0.4, -0.2) is 69.2 Å². The fraction of sp³-hybridized carbons (Fsp3) is 0.636. The second kappa shape index (κ2) is 12.9. The molecule has 8 heteroatoms. The Labute approximate surface area is 197 Å². The van der Waals surface area contributed by atoms with E-state index in [1.165, 1.54) is 18.5 Å². The largest absolute Gasteiger partial charge is 0.497 e. The van der Waals surface area contributed by atoms with Gasteiger partial charge in [0.1, 0.15) is 5.75 Å². The van der Waals surface area contributed by atoms with Gasteiger partial charge < -0.3 is 25.2 Å². The number of guanidine groups is 1. The Kier molecular flexibility index (Phi) is 10.5. The van der Waals surface area contributed by atoms with E-state index < -0.39 is 0 Å². The summed E-state index contributed by atoms with van der Waals surface area (Å²) in [4.78, 5) is 21.5. The molecule has 1 saturated heterocycles. The highest BCUT2D eigenvalue weighted by Crippen LogP contribution is 2.20. The number of ether oxygens (including phenoxy) is 1. The molecule has 0 atom stereocenters. The molecule has 0 spiro atoms. The first kappa shape index (κ1) is 24.6. The Morgan fingerprint density at radius 3 is 2.40 bits per heavy atom. The smallest absolute Gasteiger partial charge is 0.222 e. The number of methoxy groups -OCH3 is 1. The summed E-state index contributed by atoms with van der Waals surface area (Å²) < 4.78 is 5.24. The van der Waals surface area contributed by atoms with Crippen molar-refractivity contribution in [2.45, 2.75) is 45.1 Å². The summed E-state index contributed by atoms with van der Waals surface area (Å²) in [5.74, 6) is 1.92. The lowest BCUT2D eigenvalue weighted by Crippen LogP contribution is -2.52. The molecule has 0 unspecified atom stereocenters. The number of halogens is 1. The van der Waals surface area contributed by atoms with Gasteiger partial charge in [-0.05, 0) is 44.0 Å². The van der Waals surface area contributed by atoms with Crippen molar-refractivity contribution in [1.29, 1.82) is 0 Å². The fourth-order valence-corrected chi connectivity index (χ4v) is 4.03. The van der Waals surface area contributed by atoms with Gasteiger partial charge in [-0.25, -0.2) is 0 Å². The van der Waals surface area contributed by atoms with Gasteiger partial charge in [0, 0.05) is 50.9 Å². The lowest BCUT2D eigenvalue weighted by molar-refractivity contribution is -0.121. The van der Waals surface area contributed by atoms with Gasteiger partial charge in [0.25, 0.3) is 0 Å². The van der Waals surface area contributed by atoms with Crippen LogP contribution in [-0.2, 0) is 4.79 Å². The maximum atomic E-state index is 12.1. The minimum atomic E-state index is 0. The number of aliphatic imine (C=N–C) groups is 1. The van der Waals surface area contributed by atoms with Crippen LogP contribution in [0.2, 0.25) is 0 Å². The summed E-state index contributed by atoms with van der Waals surface area (Å²) in [5, 5.41) is 6.52. The lowest BCUT2D eigenvalue weighted by Gasteiger charge is -2.37. The lowest BCUT2D eigenvalue weighted by atomic mass is 10.2. The summed E-state index contributed by atoms with van der Waals surface area (Å²) in [6, 6.07) is 8.60. The molecule has 1 saturated carbocycles. The molecule has 1 aliphatic heterocycles. The van der Waals surface area contributed by atoms with E-state index in [2.05, 4.69) is 39.5 Å². The van der Waals surface area contributed by atoms with Gasteiger partial charge in [0.15, 0.2) is 5.96 Å². The predicted octanol–water partition coefficient (Wildman–Crippen LogP) is 2.85. The predicted molar refractivity (Wildman–Crippen MR) is 133 cm³/mol. The first-order chi connectivity index (χ1) is 14.2. The molecule has 2 fully saturated rings. The minimum Gasteiger partial charge on any atom is -0.497 e. The molecule has 1 aromatic rings. The number of amides is 1. The van der Waals surface area contributed by atoms with Crippen LogP contribution in [0.5, 0.6) is 5.75 Å². The summed E-state index contributed by atoms with van der Waals surface area (Å²) >= 11 is 0. The van der Waals surface area contributed by atoms with Gasteiger partial charge in [-0.2, -0.15) is 0 Å². The number of hydrogen-bond acceptors (Lipinski definition) is 4. The zero-order valence-corrected chi connectivity index (χ0v) is 20.6. The molecule has 2 N–H and O–H groups in total. The number of hydrogen-bond donors (Lipinski definition) is 2. The summed E-state index contributed by atoms with van der Waals surface area (Å²) in [6.45, 7) is 7.14. The van der Waals surface area contributed by atoms with Crippen molar-refractivity contribution >= 4 is 41.5 Å². The molecular formula is C22H36IN5O2. The zero-order valence-electron chi connectivity index (χ0n) is 18.2. The molecule has 168 valence electrons. The Hall–Kier alpha value is -1.71. The van der Waals surface area contributed by atoms with E-state index in [9.17, 15) is 4.79 Å². The maximum absolute atomic E-state index is 12.1. The van der Waals surface area contributed by atoms with E-state index in [0.29, 0.717) is 19.0 Å². The molecule has 30 heavy (non-hydrogen) atoms. The van der Waals surface area contributed by atoms with Gasteiger partial charge in [-0.1, -0.05) is 12.8 Å². The standard InChI is InChI=1S/C22H35N5O2.HI/c1-3-23-22(24-13-12-21(28)25-18-6-4-5-7-18)27-16-14-26(15-17-27)19-8-10-20(29-2)11-9-19;/h8-11,18H,3-7,12-17H2,1-2H3,(H,23,24)(H,25,28);1H.